The molecular formula is C21H20N4O3. The molecule has 1 N–H and O–H groups in total. The van der Waals surface area contributed by atoms with Gasteiger partial charge in [0.25, 0.3) is 5.91 Å². The number of carbonyl (C=O) groups is 2. The molecule has 0 bridgehead atoms. The molecule has 1 aromatic carbocycles. The molecule has 0 fully saturated rings. The number of amides is 1. The van der Waals surface area contributed by atoms with Crippen LogP contribution in [0.1, 0.15) is 37.7 Å². The highest BCUT2D eigenvalue weighted by atomic mass is 16.5. The predicted molar refractivity (Wildman–Crippen MR) is 106 cm³/mol. The van der Waals surface area contributed by atoms with Gasteiger partial charge in [-0.3, -0.25) is 9.78 Å². The largest absolute Gasteiger partial charge is 0.465 e. The monoisotopic (exact) mass is 376 g/mol. The van der Waals surface area contributed by atoms with E-state index < -0.39 is 0 Å². The van der Waals surface area contributed by atoms with E-state index in [1.165, 1.54) is 13.3 Å². The standard InChI is InChI=1S/C21H20N4O3/c1-14-10-18(13-23-24-20(26)17-7-5-9-22-12-17)15(2)25(14)19-8-4-6-16(11-19)21(27)28-3/h4-13H,1-3H3,(H,24,26)/b23-13-. The van der Waals surface area contributed by atoms with Crippen molar-refractivity contribution in [2.75, 3.05) is 7.11 Å². The van der Waals surface area contributed by atoms with E-state index in [9.17, 15) is 9.59 Å². The lowest BCUT2D eigenvalue weighted by atomic mass is 10.2. The van der Waals surface area contributed by atoms with Gasteiger partial charge in [-0.15, -0.1) is 0 Å². The van der Waals surface area contributed by atoms with Crippen molar-refractivity contribution in [3.63, 3.8) is 0 Å². The number of hydrogen-bond donors (Lipinski definition) is 1. The Labute approximate surface area is 162 Å². The van der Waals surface area contributed by atoms with Crippen molar-refractivity contribution in [1.29, 1.82) is 0 Å². The van der Waals surface area contributed by atoms with Crippen LogP contribution in [0.4, 0.5) is 0 Å². The van der Waals surface area contributed by atoms with E-state index in [1.807, 2.05) is 36.6 Å². The molecule has 0 spiro atoms. The predicted octanol–water partition coefficient (Wildman–Crippen LogP) is 3.04. The summed E-state index contributed by atoms with van der Waals surface area (Å²) in [7, 11) is 1.36. The molecule has 0 saturated heterocycles. The van der Waals surface area contributed by atoms with E-state index in [1.54, 1.807) is 36.7 Å². The van der Waals surface area contributed by atoms with Crippen LogP contribution in [-0.4, -0.2) is 34.8 Å². The average Bonchev–Trinajstić information content (AvgIpc) is 3.01. The van der Waals surface area contributed by atoms with Crippen LogP contribution in [0.25, 0.3) is 5.69 Å². The van der Waals surface area contributed by atoms with E-state index in [2.05, 4.69) is 15.5 Å². The molecule has 3 aromatic rings. The van der Waals surface area contributed by atoms with Gasteiger partial charge in [0.1, 0.15) is 0 Å². The Kier molecular flexibility index (Phi) is 5.64. The fourth-order valence-electron chi connectivity index (χ4n) is 2.93. The van der Waals surface area contributed by atoms with Crippen molar-refractivity contribution in [2.24, 2.45) is 5.10 Å². The maximum atomic E-state index is 12.0. The fraction of sp³-hybridized carbons (Fsp3) is 0.143. The number of aromatic nitrogens is 2. The molecule has 0 radical (unpaired) electrons. The lowest BCUT2D eigenvalue weighted by molar-refractivity contribution is 0.0600. The highest BCUT2D eigenvalue weighted by molar-refractivity contribution is 5.94. The van der Waals surface area contributed by atoms with Crippen LogP contribution in [0, 0.1) is 13.8 Å². The second-order valence-corrected chi connectivity index (χ2v) is 6.14. The number of hydrogen-bond acceptors (Lipinski definition) is 5. The Morgan fingerprint density at radius 1 is 1.14 bits per heavy atom. The summed E-state index contributed by atoms with van der Waals surface area (Å²) >= 11 is 0. The SMILES string of the molecule is COC(=O)c1cccc(-n2c(C)cc(/C=N\NC(=O)c3cccnc3)c2C)c1. The van der Waals surface area contributed by atoms with Crippen molar-refractivity contribution < 1.29 is 14.3 Å². The van der Waals surface area contributed by atoms with E-state index in [4.69, 9.17) is 4.74 Å². The summed E-state index contributed by atoms with van der Waals surface area (Å²) in [6.45, 7) is 3.91. The minimum atomic E-state index is -0.385. The van der Waals surface area contributed by atoms with Gasteiger partial charge in [-0.1, -0.05) is 6.07 Å². The second kappa shape index (κ2) is 8.30. The zero-order valence-electron chi connectivity index (χ0n) is 15.8. The van der Waals surface area contributed by atoms with Gasteiger partial charge < -0.3 is 9.30 Å². The molecule has 7 nitrogen and oxygen atoms in total. The first-order valence-corrected chi connectivity index (χ1v) is 8.62. The van der Waals surface area contributed by atoms with Crippen molar-refractivity contribution in [1.82, 2.24) is 15.0 Å². The number of ether oxygens (including phenoxy) is 1. The Morgan fingerprint density at radius 3 is 2.64 bits per heavy atom. The molecule has 2 aromatic heterocycles. The van der Waals surface area contributed by atoms with Crippen molar-refractivity contribution in [3.05, 3.63) is 82.9 Å². The molecule has 0 aliphatic rings. The number of nitrogens with zero attached hydrogens (tertiary/aromatic N) is 3. The number of pyridine rings is 1. The summed E-state index contributed by atoms with van der Waals surface area (Å²) in [4.78, 5) is 27.7. The number of aryl methyl sites for hydroxylation is 1. The second-order valence-electron chi connectivity index (χ2n) is 6.14. The van der Waals surface area contributed by atoms with Gasteiger partial charge in [0.05, 0.1) is 24.5 Å². The Bertz CT molecular complexity index is 1040. The van der Waals surface area contributed by atoms with Crippen LogP contribution in [-0.2, 0) is 4.74 Å². The maximum Gasteiger partial charge on any atom is 0.337 e. The zero-order chi connectivity index (χ0) is 20.1. The summed E-state index contributed by atoms with van der Waals surface area (Å²) in [5, 5.41) is 4.05. The summed E-state index contributed by atoms with van der Waals surface area (Å²) < 4.78 is 6.80. The normalized spacial score (nSPS) is 10.8. The smallest absolute Gasteiger partial charge is 0.337 e. The molecule has 28 heavy (non-hydrogen) atoms. The first kappa shape index (κ1) is 19.0. The van der Waals surface area contributed by atoms with Crippen LogP contribution in [0.3, 0.4) is 0 Å². The molecule has 0 unspecified atom stereocenters. The van der Waals surface area contributed by atoms with Crippen LogP contribution >= 0.6 is 0 Å². The summed E-state index contributed by atoms with van der Waals surface area (Å²) in [5.74, 6) is -0.715. The number of esters is 1. The summed E-state index contributed by atoms with van der Waals surface area (Å²) in [5.41, 5.74) is 7.01. The lowest BCUT2D eigenvalue weighted by Gasteiger charge is -2.10. The molecule has 0 saturated carbocycles. The van der Waals surface area contributed by atoms with Crippen LogP contribution < -0.4 is 5.43 Å². The number of benzene rings is 1. The fourth-order valence-corrected chi connectivity index (χ4v) is 2.93. The molecule has 0 aliphatic carbocycles. The van der Waals surface area contributed by atoms with Gasteiger partial charge >= 0.3 is 5.97 Å². The van der Waals surface area contributed by atoms with Gasteiger partial charge in [0, 0.05) is 35.0 Å². The highest BCUT2D eigenvalue weighted by Gasteiger charge is 2.12. The van der Waals surface area contributed by atoms with Gasteiger partial charge in [-0.05, 0) is 50.2 Å². The van der Waals surface area contributed by atoms with E-state index in [0.717, 1.165) is 22.6 Å². The highest BCUT2D eigenvalue weighted by Crippen LogP contribution is 2.21. The van der Waals surface area contributed by atoms with Gasteiger partial charge in [0.2, 0.25) is 0 Å². The first-order valence-electron chi connectivity index (χ1n) is 8.62. The van der Waals surface area contributed by atoms with Crippen molar-refractivity contribution >= 4 is 18.1 Å². The van der Waals surface area contributed by atoms with E-state index in [-0.39, 0.29) is 11.9 Å². The molecule has 0 aliphatic heterocycles. The Balaban J connectivity index is 1.82. The molecule has 7 heteroatoms. The minimum Gasteiger partial charge on any atom is -0.465 e. The quantitative estimate of drug-likeness (QED) is 0.421. The third kappa shape index (κ3) is 3.98. The first-order chi connectivity index (χ1) is 13.5. The summed E-state index contributed by atoms with van der Waals surface area (Å²) in [6.07, 6.45) is 4.67. The third-order valence-corrected chi connectivity index (χ3v) is 4.29. The number of hydrazone groups is 1. The zero-order valence-corrected chi connectivity index (χ0v) is 15.8. The molecule has 2 heterocycles. The molecule has 0 atom stereocenters. The Morgan fingerprint density at radius 2 is 1.93 bits per heavy atom. The topological polar surface area (TPSA) is 85.6 Å². The molecule has 142 valence electrons. The molecule has 1 amide bonds. The number of nitrogens with one attached hydrogen (secondary N) is 1. The number of carbonyl (C=O) groups excluding carboxylic acids is 2. The van der Waals surface area contributed by atoms with Gasteiger partial charge in [-0.2, -0.15) is 5.10 Å². The minimum absolute atomic E-state index is 0.330. The van der Waals surface area contributed by atoms with Crippen LogP contribution in [0.15, 0.2) is 60.0 Å². The molecular weight excluding hydrogens is 356 g/mol. The van der Waals surface area contributed by atoms with Crippen LogP contribution in [0.2, 0.25) is 0 Å². The van der Waals surface area contributed by atoms with Crippen LogP contribution in [0.5, 0.6) is 0 Å². The maximum absolute atomic E-state index is 12.0. The van der Waals surface area contributed by atoms with Gasteiger partial charge in [-0.25, -0.2) is 10.2 Å². The average molecular weight is 376 g/mol. The lowest BCUT2D eigenvalue weighted by Crippen LogP contribution is -2.17. The number of methoxy groups -OCH3 is 1. The van der Waals surface area contributed by atoms with Crippen molar-refractivity contribution in [3.8, 4) is 5.69 Å². The third-order valence-electron chi connectivity index (χ3n) is 4.29. The van der Waals surface area contributed by atoms with E-state index in [0.29, 0.717) is 11.1 Å². The summed E-state index contributed by atoms with van der Waals surface area (Å²) in [6, 6.07) is 12.5. The molecule has 3 rings (SSSR count). The Hall–Kier alpha value is -3.74. The number of rotatable bonds is 5. The van der Waals surface area contributed by atoms with Gasteiger partial charge in [0.15, 0.2) is 0 Å². The van der Waals surface area contributed by atoms with E-state index >= 15 is 0 Å². The van der Waals surface area contributed by atoms with Crippen molar-refractivity contribution in [2.45, 2.75) is 13.8 Å².